The Morgan fingerprint density at radius 3 is 2.43 bits per heavy atom. The molecule has 0 heterocycles. The van der Waals surface area contributed by atoms with E-state index in [-0.39, 0.29) is 17.8 Å². The minimum absolute atomic E-state index is 0.0169. The first-order valence-corrected chi connectivity index (χ1v) is 6.85. The Bertz CT molecular complexity index is 290. The molecule has 0 aromatic rings. The molecule has 0 aliphatic heterocycles. The zero-order chi connectivity index (χ0) is 11.2. The second kappa shape index (κ2) is 6.05. The van der Waals surface area contributed by atoms with Crippen LogP contribution in [0.3, 0.4) is 0 Å². The predicted octanol–water partition coefficient (Wildman–Crippen LogP) is 0.811. The van der Waals surface area contributed by atoms with E-state index in [0.717, 1.165) is 12.8 Å². The van der Waals surface area contributed by atoms with E-state index >= 15 is 0 Å². The summed E-state index contributed by atoms with van der Waals surface area (Å²) < 4.78 is 22.0. The molecule has 0 aliphatic carbocycles. The van der Waals surface area contributed by atoms with Gasteiger partial charge in [0.15, 0.2) is 0 Å². The molecule has 4 heteroatoms. The summed E-state index contributed by atoms with van der Waals surface area (Å²) in [5.41, 5.74) is 0. The van der Waals surface area contributed by atoms with Gasteiger partial charge in [-0.15, -0.1) is 6.42 Å². The first-order chi connectivity index (χ1) is 6.39. The zero-order valence-electron chi connectivity index (χ0n) is 9.08. The molecular formula is C10H19NO2S. The molecule has 0 radical (unpaired) electrons. The summed E-state index contributed by atoms with van der Waals surface area (Å²) in [7, 11) is -2.92. The van der Waals surface area contributed by atoms with E-state index in [1.54, 1.807) is 0 Å². The standard InChI is InChI=1S/C10H19NO2S/c1-5-7-10(6-2)11-9(3)8-14(4,12)13/h2,9-11H,5,7-8H2,1,3-4H3. The fourth-order valence-corrected chi connectivity index (χ4v) is 2.35. The highest BCUT2D eigenvalue weighted by atomic mass is 32.2. The minimum Gasteiger partial charge on any atom is -0.300 e. The molecule has 1 N–H and O–H groups in total. The Hall–Kier alpha value is -0.530. The number of nitrogens with one attached hydrogen (secondary N) is 1. The van der Waals surface area contributed by atoms with Gasteiger partial charge in [0.1, 0.15) is 9.84 Å². The molecule has 2 unspecified atom stereocenters. The van der Waals surface area contributed by atoms with Gasteiger partial charge >= 0.3 is 0 Å². The van der Waals surface area contributed by atoms with Gasteiger partial charge in [0, 0.05) is 12.3 Å². The SMILES string of the molecule is C#CC(CCC)NC(C)CS(C)(=O)=O. The fourth-order valence-electron chi connectivity index (χ4n) is 1.35. The van der Waals surface area contributed by atoms with Crippen LogP contribution in [0.5, 0.6) is 0 Å². The molecule has 14 heavy (non-hydrogen) atoms. The molecule has 0 aromatic carbocycles. The van der Waals surface area contributed by atoms with Gasteiger partial charge in [-0.1, -0.05) is 19.3 Å². The predicted molar refractivity (Wildman–Crippen MR) is 59.8 cm³/mol. The number of terminal acetylenes is 1. The van der Waals surface area contributed by atoms with Crippen molar-refractivity contribution in [1.82, 2.24) is 5.32 Å². The van der Waals surface area contributed by atoms with Gasteiger partial charge in [0.2, 0.25) is 0 Å². The smallest absolute Gasteiger partial charge is 0.148 e. The molecule has 3 nitrogen and oxygen atoms in total. The van der Waals surface area contributed by atoms with Crippen molar-refractivity contribution in [2.24, 2.45) is 0 Å². The maximum absolute atomic E-state index is 11.0. The molecule has 82 valence electrons. The summed E-state index contributed by atoms with van der Waals surface area (Å²) in [4.78, 5) is 0. The third-order valence-electron chi connectivity index (χ3n) is 1.82. The summed E-state index contributed by atoms with van der Waals surface area (Å²) >= 11 is 0. The van der Waals surface area contributed by atoms with Crippen LogP contribution in [0.1, 0.15) is 26.7 Å². The van der Waals surface area contributed by atoms with Gasteiger partial charge in [-0.3, -0.25) is 0 Å². The highest BCUT2D eigenvalue weighted by Gasteiger charge is 2.13. The van der Waals surface area contributed by atoms with Crippen LogP contribution in [0.25, 0.3) is 0 Å². The topological polar surface area (TPSA) is 46.2 Å². The van der Waals surface area contributed by atoms with E-state index in [2.05, 4.69) is 11.2 Å². The van der Waals surface area contributed by atoms with Crippen molar-refractivity contribution in [3.63, 3.8) is 0 Å². The lowest BCUT2D eigenvalue weighted by atomic mass is 10.1. The lowest BCUT2D eigenvalue weighted by Crippen LogP contribution is -2.39. The Morgan fingerprint density at radius 1 is 1.50 bits per heavy atom. The lowest BCUT2D eigenvalue weighted by Gasteiger charge is -2.17. The number of sulfone groups is 1. The normalized spacial score (nSPS) is 15.9. The zero-order valence-corrected chi connectivity index (χ0v) is 9.89. The maximum atomic E-state index is 11.0. The van der Waals surface area contributed by atoms with Crippen LogP contribution in [-0.2, 0) is 9.84 Å². The average molecular weight is 217 g/mol. The minimum atomic E-state index is -2.92. The quantitative estimate of drug-likeness (QED) is 0.670. The monoisotopic (exact) mass is 217 g/mol. The van der Waals surface area contributed by atoms with Crippen LogP contribution < -0.4 is 5.32 Å². The van der Waals surface area contributed by atoms with E-state index in [4.69, 9.17) is 6.42 Å². The molecule has 0 bridgehead atoms. The summed E-state index contributed by atoms with van der Waals surface area (Å²) in [6.45, 7) is 3.88. The van der Waals surface area contributed by atoms with Crippen LogP contribution in [0.15, 0.2) is 0 Å². The Labute approximate surface area is 87.2 Å². The number of hydrogen-bond donors (Lipinski definition) is 1. The second-order valence-corrected chi connectivity index (χ2v) is 5.85. The van der Waals surface area contributed by atoms with E-state index < -0.39 is 9.84 Å². The Kier molecular flexibility index (Phi) is 5.82. The van der Waals surface area contributed by atoms with Crippen molar-refractivity contribution in [2.75, 3.05) is 12.0 Å². The van der Waals surface area contributed by atoms with Crippen LogP contribution >= 0.6 is 0 Å². The number of hydrogen-bond acceptors (Lipinski definition) is 3. The molecule has 0 aromatic heterocycles. The lowest BCUT2D eigenvalue weighted by molar-refractivity contribution is 0.500. The van der Waals surface area contributed by atoms with Gasteiger partial charge < -0.3 is 5.32 Å². The van der Waals surface area contributed by atoms with Crippen molar-refractivity contribution in [3.8, 4) is 12.3 Å². The number of rotatable bonds is 6. The fraction of sp³-hybridized carbons (Fsp3) is 0.800. The highest BCUT2D eigenvalue weighted by molar-refractivity contribution is 7.90. The van der Waals surface area contributed by atoms with Crippen LogP contribution in [0.4, 0.5) is 0 Å². The van der Waals surface area contributed by atoms with Crippen molar-refractivity contribution in [2.45, 2.75) is 38.8 Å². The van der Waals surface area contributed by atoms with Crippen LogP contribution in [0.2, 0.25) is 0 Å². The van der Waals surface area contributed by atoms with E-state index in [9.17, 15) is 8.42 Å². The van der Waals surface area contributed by atoms with Gasteiger partial charge in [0.05, 0.1) is 11.8 Å². The molecule has 0 spiro atoms. The van der Waals surface area contributed by atoms with Crippen molar-refractivity contribution < 1.29 is 8.42 Å². The highest BCUT2D eigenvalue weighted by Crippen LogP contribution is 1.98. The Balaban J connectivity index is 4.05. The molecule has 0 amide bonds. The van der Waals surface area contributed by atoms with Gasteiger partial charge in [-0.05, 0) is 13.3 Å². The van der Waals surface area contributed by atoms with Gasteiger partial charge in [-0.2, -0.15) is 0 Å². The van der Waals surface area contributed by atoms with Gasteiger partial charge in [0.25, 0.3) is 0 Å². The molecule has 0 aliphatic rings. The summed E-state index contributed by atoms with van der Waals surface area (Å²) in [5, 5.41) is 3.11. The third kappa shape index (κ3) is 6.93. The van der Waals surface area contributed by atoms with E-state index in [0.29, 0.717) is 0 Å². The second-order valence-electron chi connectivity index (χ2n) is 3.67. The average Bonchev–Trinajstić information content (AvgIpc) is 2.00. The van der Waals surface area contributed by atoms with Crippen LogP contribution in [0, 0.1) is 12.3 Å². The van der Waals surface area contributed by atoms with Crippen LogP contribution in [-0.4, -0.2) is 32.5 Å². The van der Waals surface area contributed by atoms with Gasteiger partial charge in [-0.25, -0.2) is 8.42 Å². The molecular weight excluding hydrogens is 198 g/mol. The first kappa shape index (κ1) is 13.5. The molecule has 0 rings (SSSR count). The molecule has 0 saturated heterocycles. The largest absolute Gasteiger partial charge is 0.300 e. The van der Waals surface area contributed by atoms with Crippen molar-refractivity contribution in [1.29, 1.82) is 0 Å². The van der Waals surface area contributed by atoms with Crippen molar-refractivity contribution in [3.05, 3.63) is 0 Å². The first-order valence-electron chi connectivity index (χ1n) is 4.79. The molecule has 0 saturated carbocycles. The van der Waals surface area contributed by atoms with E-state index in [1.165, 1.54) is 6.26 Å². The summed E-state index contributed by atoms with van der Waals surface area (Å²) in [6.07, 6.45) is 8.41. The van der Waals surface area contributed by atoms with E-state index in [1.807, 2.05) is 13.8 Å². The summed E-state index contributed by atoms with van der Waals surface area (Å²) in [6, 6.07) is -0.102. The molecule has 2 atom stereocenters. The molecule has 0 fully saturated rings. The summed E-state index contributed by atoms with van der Waals surface area (Å²) in [5.74, 6) is 2.75. The van der Waals surface area contributed by atoms with Crippen molar-refractivity contribution >= 4 is 9.84 Å². The third-order valence-corrected chi connectivity index (χ3v) is 2.92. The Morgan fingerprint density at radius 2 is 2.07 bits per heavy atom. The maximum Gasteiger partial charge on any atom is 0.148 e.